The molecule has 0 heterocycles. The molecule has 0 aliphatic carbocycles. The molecule has 0 fully saturated rings. The van der Waals surface area contributed by atoms with Gasteiger partial charge in [0.05, 0.1) is 22.6 Å². The summed E-state index contributed by atoms with van der Waals surface area (Å²) in [6.07, 6.45) is 0. The highest BCUT2D eigenvalue weighted by Crippen LogP contribution is 2.25. The van der Waals surface area contributed by atoms with Crippen molar-refractivity contribution < 1.29 is 9.53 Å². The number of benzene rings is 1. The topological polar surface area (TPSA) is 64.3 Å². The van der Waals surface area contributed by atoms with Gasteiger partial charge < -0.3 is 15.8 Å². The quantitative estimate of drug-likeness (QED) is 0.805. The Labute approximate surface area is 126 Å². The van der Waals surface area contributed by atoms with Gasteiger partial charge >= 0.3 is 0 Å². The van der Waals surface area contributed by atoms with E-state index in [0.717, 1.165) is 4.47 Å². The second-order valence-corrected chi connectivity index (χ2v) is 5.77. The Bertz CT molecular complexity index is 492. The van der Waals surface area contributed by atoms with E-state index < -0.39 is 0 Å². The molecule has 104 valence electrons. The Morgan fingerprint density at radius 3 is 2.53 bits per heavy atom. The van der Waals surface area contributed by atoms with E-state index in [4.69, 9.17) is 22.7 Å². The molecule has 1 atom stereocenters. The molecule has 0 saturated carbocycles. The minimum absolute atomic E-state index is 0.142. The van der Waals surface area contributed by atoms with Gasteiger partial charge in [-0.15, -0.1) is 0 Å². The molecule has 0 bridgehead atoms. The van der Waals surface area contributed by atoms with Crippen LogP contribution in [0.25, 0.3) is 0 Å². The van der Waals surface area contributed by atoms with E-state index in [9.17, 15) is 4.79 Å². The fraction of sp³-hybridized carbons (Fsp3) is 0.385. The summed E-state index contributed by atoms with van der Waals surface area (Å²) in [7, 11) is 1.57. The van der Waals surface area contributed by atoms with Crippen molar-refractivity contribution in [1.82, 2.24) is 5.32 Å². The molecule has 4 nitrogen and oxygen atoms in total. The van der Waals surface area contributed by atoms with Crippen molar-refractivity contribution in [3.63, 3.8) is 0 Å². The molecule has 0 spiro atoms. The van der Waals surface area contributed by atoms with Crippen LogP contribution in [0.15, 0.2) is 22.7 Å². The molecular formula is C13H17BrN2O2S. The monoisotopic (exact) mass is 344 g/mol. The molecule has 19 heavy (non-hydrogen) atoms. The molecule has 1 amide bonds. The van der Waals surface area contributed by atoms with Crippen LogP contribution in [0.4, 0.5) is 0 Å². The lowest BCUT2D eigenvalue weighted by molar-refractivity contribution is 0.0940. The average Bonchev–Trinajstić information content (AvgIpc) is 2.34. The van der Waals surface area contributed by atoms with E-state index in [0.29, 0.717) is 11.3 Å². The molecular weight excluding hydrogens is 328 g/mol. The van der Waals surface area contributed by atoms with Gasteiger partial charge in [0, 0.05) is 5.56 Å². The predicted octanol–water partition coefficient (Wildman–Crippen LogP) is 2.50. The predicted molar refractivity (Wildman–Crippen MR) is 83.6 cm³/mol. The minimum Gasteiger partial charge on any atom is -0.496 e. The van der Waals surface area contributed by atoms with Crippen molar-refractivity contribution in [2.24, 2.45) is 11.7 Å². The van der Waals surface area contributed by atoms with Gasteiger partial charge in [-0.05, 0) is 40.0 Å². The SMILES string of the molecule is COc1ccc(C(=O)NC(C(N)=S)C(C)C)cc1Br. The zero-order valence-electron chi connectivity index (χ0n) is 11.1. The van der Waals surface area contributed by atoms with Crippen LogP contribution in [0.5, 0.6) is 5.75 Å². The molecule has 1 unspecified atom stereocenters. The Kier molecular flexibility index (Phi) is 5.75. The summed E-state index contributed by atoms with van der Waals surface area (Å²) in [4.78, 5) is 12.4. The van der Waals surface area contributed by atoms with Crippen molar-refractivity contribution in [2.75, 3.05) is 7.11 Å². The van der Waals surface area contributed by atoms with Gasteiger partial charge in [0.15, 0.2) is 0 Å². The number of carbonyl (C=O) groups excluding carboxylic acids is 1. The highest BCUT2D eigenvalue weighted by atomic mass is 79.9. The van der Waals surface area contributed by atoms with E-state index in [2.05, 4.69) is 21.2 Å². The van der Waals surface area contributed by atoms with Crippen molar-refractivity contribution in [2.45, 2.75) is 19.9 Å². The third-order valence-corrected chi connectivity index (χ3v) is 3.55. The number of halogens is 1. The maximum atomic E-state index is 12.1. The highest BCUT2D eigenvalue weighted by molar-refractivity contribution is 9.10. The molecule has 1 aromatic carbocycles. The molecule has 1 rings (SSSR count). The Balaban J connectivity index is 2.89. The number of amides is 1. The third kappa shape index (κ3) is 4.18. The van der Waals surface area contributed by atoms with Crippen LogP contribution in [-0.4, -0.2) is 24.0 Å². The summed E-state index contributed by atoms with van der Waals surface area (Å²) < 4.78 is 5.84. The zero-order chi connectivity index (χ0) is 14.6. The molecule has 0 aromatic heterocycles. The number of nitrogens with two attached hydrogens (primary N) is 1. The molecule has 6 heteroatoms. The Morgan fingerprint density at radius 2 is 2.11 bits per heavy atom. The van der Waals surface area contributed by atoms with Gasteiger partial charge in [-0.1, -0.05) is 26.1 Å². The maximum Gasteiger partial charge on any atom is 0.251 e. The Morgan fingerprint density at radius 1 is 1.47 bits per heavy atom. The van der Waals surface area contributed by atoms with E-state index in [1.165, 1.54) is 0 Å². The van der Waals surface area contributed by atoms with Crippen LogP contribution in [0.3, 0.4) is 0 Å². The van der Waals surface area contributed by atoms with Crippen LogP contribution in [-0.2, 0) is 0 Å². The van der Waals surface area contributed by atoms with Crippen LogP contribution >= 0.6 is 28.1 Å². The Hall–Kier alpha value is -1.14. The molecule has 0 aliphatic heterocycles. The zero-order valence-corrected chi connectivity index (χ0v) is 13.5. The largest absolute Gasteiger partial charge is 0.496 e. The van der Waals surface area contributed by atoms with E-state index in [-0.39, 0.29) is 22.9 Å². The van der Waals surface area contributed by atoms with Gasteiger partial charge in [0.2, 0.25) is 0 Å². The third-order valence-electron chi connectivity index (χ3n) is 2.67. The lowest BCUT2D eigenvalue weighted by Gasteiger charge is -2.21. The summed E-state index contributed by atoms with van der Waals surface area (Å²) in [5.74, 6) is 0.601. The maximum absolute atomic E-state index is 12.1. The average molecular weight is 345 g/mol. The summed E-state index contributed by atoms with van der Waals surface area (Å²) >= 11 is 8.30. The molecule has 0 saturated heterocycles. The van der Waals surface area contributed by atoms with Crippen molar-refractivity contribution in [1.29, 1.82) is 0 Å². The standard InChI is InChI=1S/C13H17BrN2O2S/c1-7(2)11(12(15)19)16-13(17)8-4-5-10(18-3)9(14)6-8/h4-7,11H,1-3H3,(H2,15,19)(H,16,17). The van der Waals surface area contributed by atoms with Crippen molar-refractivity contribution in [3.8, 4) is 5.75 Å². The number of methoxy groups -OCH3 is 1. The first-order chi connectivity index (χ1) is 8.86. The van der Waals surface area contributed by atoms with E-state index in [1.807, 2.05) is 13.8 Å². The summed E-state index contributed by atoms with van der Waals surface area (Å²) in [6.45, 7) is 3.90. The summed E-state index contributed by atoms with van der Waals surface area (Å²) in [5.41, 5.74) is 6.15. The fourth-order valence-electron chi connectivity index (χ4n) is 1.60. The van der Waals surface area contributed by atoms with Gasteiger partial charge in [-0.25, -0.2) is 0 Å². The molecule has 1 aromatic rings. The number of rotatable bonds is 5. The van der Waals surface area contributed by atoms with E-state index >= 15 is 0 Å². The number of nitrogens with one attached hydrogen (secondary N) is 1. The van der Waals surface area contributed by atoms with Crippen molar-refractivity contribution in [3.05, 3.63) is 28.2 Å². The lowest BCUT2D eigenvalue weighted by atomic mass is 10.0. The minimum atomic E-state index is -0.316. The number of thiocarbonyl (C=S) groups is 1. The van der Waals surface area contributed by atoms with Crippen LogP contribution in [0, 0.1) is 5.92 Å². The first kappa shape index (κ1) is 15.9. The van der Waals surface area contributed by atoms with Crippen LogP contribution in [0.1, 0.15) is 24.2 Å². The number of hydrogen-bond acceptors (Lipinski definition) is 3. The first-order valence-corrected chi connectivity index (χ1v) is 7.00. The number of hydrogen-bond donors (Lipinski definition) is 2. The van der Waals surface area contributed by atoms with E-state index in [1.54, 1.807) is 25.3 Å². The van der Waals surface area contributed by atoms with Gasteiger partial charge in [-0.3, -0.25) is 4.79 Å². The van der Waals surface area contributed by atoms with Gasteiger partial charge in [0.1, 0.15) is 5.75 Å². The van der Waals surface area contributed by atoms with Crippen LogP contribution in [0.2, 0.25) is 0 Å². The fourth-order valence-corrected chi connectivity index (χ4v) is 2.47. The smallest absolute Gasteiger partial charge is 0.251 e. The molecule has 0 radical (unpaired) electrons. The van der Waals surface area contributed by atoms with Gasteiger partial charge in [0.25, 0.3) is 5.91 Å². The second-order valence-electron chi connectivity index (χ2n) is 4.45. The van der Waals surface area contributed by atoms with Crippen LogP contribution < -0.4 is 15.8 Å². The molecule has 3 N–H and O–H groups in total. The first-order valence-electron chi connectivity index (χ1n) is 5.80. The van der Waals surface area contributed by atoms with Crippen molar-refractivity contribution >= 4 is 39.0 Å². The molecule has 0 aliphatic rings. The second kappa shape index (κ2) is 6.86. The highest BCUT2D eigenvalue weighted by Gasteiger charge is 2.20. The lowest BCUT2D eigenvalue weighted by Crippen LogP contribution is -2.46. The number of ether oxygens (including phenoxy) is 1. The summed E-state index contributed by atoms with van der Waals surface area (Å²) in [5, 5.41) is 2.83. The normalized spacial score (nSPS) is 12.1. The number of carbonyl (C=O) groups is 1. The summed E-state index contributed by atoms with van der Waals surface area (Å²) in [6, 6.07) is 4.80. The van der Waals surface area contributed by atoms with Gasteiger partial charge in [-0.2, -0.15) is 0 Å².